The molecular formula is C44H53N2O8+. The second kappa shape index (κ2) is 15.4. The Morgan fingerprint density at radius 3 is 2.24 bits per heavy atom. The topological polar surface area (TPSA) is 95.9 Å². The third kappa shape index (κ3) is 6.82. The molecule has 4 aliphatic rings. The summed E-state index contributed by atoms with van der Waals surface area (Å²) < 4.78 is 37.8. The van der Waals surface area contributed by atoms with Crippen LogP contribution >= 0.6 is 0 Å². The van der Waals surface area contributed by atoms with Crippen LogP contribution in [0.4, 0.5) is 0 Å². The van der Waals surface area contributed by atoms with Gasteiger partial charge in [0.1, 0.15) is 11.8 Å². The Labute approximate surface area is 318 Å². The van der Waals surface area contributed by atoms with Crippen molar-refractivity contribution in [2.24, 2.45) is 0 Å². The lowest BCUT2D eigenvalue weighted by Crippen LogP contribution is -2.60. The predicted octanol–water partition coefficient (Wildman–Crippen LogP) is 8.32. The molecule has 0 saturated heterocycles. The summed E-state index contributed by atoms with van der Waals surface area (Å²) in [5.74, 6) is 4.05. The van der Waals surface area contributed by atoms with Gasteiger partial charge >= 0.3 is 5.97 Å². The van der Waals surface area contributed by atoms with Gasteiger partial charge in [-0.1, -0.05) is 31.5 Å². The molecule has 4 aliphatic heterocycles. The van der Waals surface area contributed by atoms with Gasteiger partial charge in [-0.2, -0.15) is 0 Å². The van der Waals surface area contributed by atoms with Crippen LogP contribution in [0.15, 0.2) is 60.7 Å². The minimum atomic E-state index is -0.762. The quantitative estimate of drug-likeness (QED) is 0.170. The first-order valence-electron chi connectivity index (χ1n) is 19.0. The largest absolute Gasteiger partial charge is 0.493 e. The van der Waals surface area contributed by atoms with E-state index >= 15 is 0 Å². The van der Waals surface area contributed by atoms with Crippen molar-refractivity contribution in [3.8, 4) is 46.0 Å². The van der Waals surface area contributed by atoms with Gasteiger partial charge in [-0.25, -0.2) is 4.79 Å². The van der Waals surface area contributed by atoms with E-state index in [1.165, 1.54) is 0 Å². The van der Waals surface area contributed by atoms with Crippen LogP contribution in [0.5, 0.6) is 46.0 Å². The molecule has 10 heteroatoms. The Balaban J connectivity index is 1.48. The molecule has 4 aromatic rings. The molecule has 0 aromatic heterocycles. The monoisotopic (exact) mass is 737 g/mol. The molecule has 4 aromatic carbocycles. The Morgan fingerprint density at radius 2 is 1.56 bits per heavy atom. The number of aliphatic carboxylic acids is 1. The number of likely N-dealkylation sites (N-methyl/N-ethyl adjacent to an activating group) is 2. The molecule has 286 valence electrons. The van der Waals surface area contributed by atoms with Crippen molar-refractivity contribution >= 4 is 5.97 Å². The molecule has 0 fully saturated rings. The Kier molecular flexibility index (Phi) is 10.7. The van der Waals surface area contributed by atoms with Crippen LogP contribution < -0.4 is 28.4 Å². The fourth-order valence-electron chi connectivity index (χ4n) is 8.91. The summed E-state index contributed by atoms with van der Waals surface area (Å²) in [6.07, 6.45) is 5.18. The van der Waals surface area contributed by atoms with E-state index < -0.39 is 12.0 Å². The third-order valence-electron chi connectivity index (χ3n) is 12.0. The average Bonchev–Trinajstić information content (AvgIpc) is 3.17. The summed E-state index contributed by atoms with van der Waals surface area (Å²) >= 11 is 0. The van der Waals surface area contributed by atoms with E-state index in [0.717, 1.165) is 59.2 Å². The SMILES string of the molecule is CCCCC(C(=O)O)[N+]1(C)CCc2cc(OC)c3cc2C1Cc1ccc(cc1)Oc1cc(ccc1OC)CC1c2c(cc(OC)c(OC)c2O3)CCN1C. The van der Waals surface area contributed by atoms with Gasteiger partial charge in [-0.05, 0) is 91.0 Å². The highest BCUT2D eigenvalue weighted by molar-refractivity contribution is 5.72. The summed E-state index contributed by atoms with van der Waals surface area (Å²) in [6, 6.07) is 19.7. The zero-order valence-electron chi connectivity index (χ0n) is 32.6. The molecule has 4 unspecified atom stereocenters. The number of benzene rings is 4. The van der Waals surface area contributed by atoms with E-state index in [2.05, 4.69) is 68.4 Å². The fourth-order valence-corrected chi connectivity index (χ4v) is 8.91. The van der Waals surface area contributed by atoms with Crippen molar-refractivity contribution < 1.29 is 42.8 Å². The molecule has 0 aliphatic carbocycles. The van der Waals surface area contributed by atoms with Crippen LogP contribution in [0, 0.1) is 0 Å². The number of carbonyl (C=O) groups is 1. The van der Waals surface area contributed by atoms with Crippen molar-refractivity contribution in [1.29, 1.82) is 0 Å². The first-order valence-corrected chi connectivity index (χ1v) is 19.0. The van der Waals surface area contributed by atoms with Gasteiger partial charge < -0.3 is 38.0 Å². The highest BCUT2D eigenvalue weighted by Crippen LogP contribution is 2.52. The molecule has 0 spiro atoms. The van der Waals surface area contributed by atoms with Crippen molar-refractivity contribution in [3.05, 3.63) is 94.0 Å². The number of quaternary nitrogens is 1. The number of methoxy groups -OCH3 is 4. The van der Waals surface area contributed by atoms with Gasteiger partial charge in [0, 0.05) is 43.0 Å². The third-order valence-corrected chi connectivity index (χ3v) is 12.0. The molecular weight excluding hydrogens is 684 g/mol. The van der Waals surface area contributed by atoms with Crippen molar-refractivity contribution in [3.63, 3.8) is 0 Å². The maximum absolute atomic E-state index is 13.1. The number of nitrogens with zero attached hydrogens (tertiary/aromatic N) is 2. The van der Waals surface area contributed by atoms with Crippen LogP contribution in [0.25, 0.3) is 0 Å². The zero-order valence-corrected chi connectivity index (χ0v) is 32.6. The minimum absolute atomic E-state index is 0.0748. The number of hydrogen-bond acceptors (Lipinski definition) is 8. The first-order chi connectivity index (χ1) is 26.1. The standard InChI is InChI=1S/C44H52N2O8/c1-8-9-10-34(44(47)48)46(3)20-18-29-24-37(50-5)39-26-32(29)35(46)22-27-11-14-31(15-12-27)53-38-23-28(13-16-36(38)49-4)21-33-41-30(17-19-45(33)2)25-40(51-6)42(52-7)43(41)54-39/h11-16,23-26,33-35H,8-10,17-22H2,1-7H3/p+1. The fraction of sp³-hybridized carbons (Fsp3) is 0.432. The summed E-state index contributed by atoms with van der Waals surface area (Å²) in [6.45, 7) is 3.64. The van der Waals surface area contributed by atoms with E-state index in [9.17, 15) is 9.90 Å². The molecule has 0 amide bonds. The number of carboxylic acid groups (broad SMARTS) is 1. The van der Waals surface area contributed by atoms with Crippen LogP contribution in [0.3, 0.4) is 0 Å². The molecule has 0 radical (unpaired) electrons. The molecule has 8 rings (SSSR count). The van der Waals surface area contributed by atoms with Gasteiger partial charge in [-0.15, -0.1) is 0 Å². The van der Waals surface area contributed by atoms with Gasteiger partial charge in [0.25, 0.3) is 0 Å². The maximum atomic E-state index is 13.1. The smallest absolute Gasteiger partial charge is 0.362 e. The number of unbranched alkanes of at least 4 members (excludes halogenated alkanes) is 1. The Hall–Kier alpha value is -4.93. The molecule has 1 N–H and O–H groups in total. The van der Waals surface area contributed by atoms with Crippen molar-refractivity contribution in [1.82, 2.24) is 4.90 Å². The summed E-state index contributed by atoms with van der Waals surface area (Å²) in [4.78, 5) is 15.5. The van der Waals surface area contributed by atoms with Crippen LogP contribution in [-0.4, -0.2) is 82.1 Å². The van der Waals surface area contributed by atoms with Crippen molar-refractivity contribution in [2.45, 2.75) is 70.0 Å². The maximum Gasteiger partial charge on any atom is 0.362 e. The van der Waals surface area contributed by atoms with E-state index in [1.54, 1.807) is 28.4 Å². The zero-order chi connectivity index (χ0) is 38.1. The van der Waals surface area contributed by atoms with E-state index in [1.807, 2.05) is 18.2 Å². The van der Waals surface area contributed by atoms with Gasteiger partial charge in [0.2, 0.25) is 5.75 Å². The molecule has 6 bridgehead atoms. The number of hydrogen-bond donors (Lipinski definition) is 1. The van der Waals surface area contributed by atoms with Crippen LogP contribution in [0.1, 0.15) is 71.7 Å². The summed E-state index contributed by atoms with van der Waals surface area (Å²) in [7, 11) is 10.9. The summed E-state index contributed by atoms with van der Waals surface area (Å²) in [5, 5.41) is 10.8. The van der Waals surface area contributed by atoms with Crippen LogP contribution in [-0.2, 0) is 30.5 Å². The minimum Gasteiger partial charge on any atom is -0.493 e. The van der Waals surface area contributed by atoms with Gasteiger partial charge in [0.05, 0.1) is 42.0 Å². The normalized spacial score (nSPS) is 21.0. The first kappa shape index (κ1) is 37.4. The molecule has 10 nitrogen and oxygen atoms in total. The predicted molar refractivity (Wildman–Crippen MR) is 207 cm³/mol. The van der Waals surface area contributed by atoms with Gasteiger partial charge in [-0.3, -0.25) is 4.90 Å². The lowest BCUT2D eigenvalue weighted by atomic mass is 9.84. The van der Waals surface area contributed by atoms with Gasteiger partial charge in [0.15, 0.2) is 40.5 Å². The van der Waals surface area contributed by atoms with E-state index in [4.69, 9.17) is 28.4 Å². The lowest BCUT2D eigenvalue weighted by molar-refractivity contribution is -0.956. The van der Waals surface area contributed by atoms with Crippen molar-refractivity contribution in [2.75, 3.05) is 55.6 Å². The Morgan fingerprint density at radius 1 is 0.852 bits per heavy atom. The number of ether oxygens (including phenoxy) is 6. The molecule has 54 heavy (non-hydrogen) atoms. The lowest BCUT2D eigenvalue weighted by Gasteiger charge is -2.49. The number of fused-ring (bicyclic) bond motifs is 2. The van der Waals surface area contributed by atoms with Crippen LogP contribution in [0.2, 0.25) is 0 Å². The highest BCUT2D eigenvalue weighted by Gasteiger charge is 2.48. The number of rotatable bonds is 9. The number of carboxylic acids is 1. The second-order valence-electron chi connectivity index (χ2n) is 15.0. The highest BCUT2D eigenvalue weighted by atomic mass is 16.5. The molecule has 4 heterocycles. The Bertz CT molecular complexity index is 2010. The van der Waals surface area contributed by atoms with E-state index in [0.29, 0.717) is 82.7 Å². The summed E-state index contributed by atoms with van der Waals surface area (Å²) in [5.41, 5.74) is 6.52. The average molecular weight is 738 g/mol. The second-order valence-corrected chi connectivity index (χ2v) is 15.0. The molecule has 0 saturated carbocycles. The molecule has 4 atom stereocenters. The van der Waals surface area contributed by atoms with E-state index in [-0.39, 0.29) is 12.1 Å².